The summed E-state index contributed by atoms with van der Waals surface area (Å²) in [6.07, 6.45) is 2.53. The monoisotopic (exact) mass is 329 g/mol. The summed E-state index contributed by atoms with van der Waals surface area (Å²) in [6.45, 7) is 8.78. The van der Waals surface area contributed by atoms with Gasteiger partial charge in [0.05, 0.1) is 15.9 Å². The van der Waals surface area contributed by atoms with Crippen LogP contribution in [0.1, 0.15) is 51.9 Å². The minimum atomic E-state index is -0.285. The lowest BCUT2D eigenvalue weighted by atomic mass is 9.97. The SMILES string of the molecule is CCc1nn(CC)c(CC(=O)CCC(C)(C)N)c1Br. The van der Waals surface area contributed by atoms with Crippen molar-refractivity contribution in [3.8, 4) is 0 Å². The van der Waals surface area contributed by atoms with Gasteiger partial charge in [0, 0.05) is 24.9 Å². The highest BCUT2D eigenvalue weighted by Gasteiger charge is 2.18. The van der Waals surface area contributed by atoms with Gasteiger partial charge >= 0.3 is 0 Å². The van der Waals surface area contributed by atoms with Gasteiger partial charge in [-0.25, -0.2) is 0 Å². The van der Waals surface area contributed by atoms with Gasteiger partial charge in [0.25, 0.3) is 0 Å². The first-order chi connectivity index (χ1) is 8.78. The molecule has 4 nitrogen and oxygen atoms in total. The number of aryl methyl sites for hydroxylation is 2. The molecule has 0 aromatic carbocycles. The van der Waals surface area contributed by atoms with Gasteiger partial charge in [-0.2, -0.15) is 5.10 Å². The Bertz CT molecular complexity index is 446. The summed E-state index contributed by atoms with van der Waals surface area (Å²) < 4.78 is 2.89. The van der Waals surface area contributed by atoms with Crippen molar-refractivity contribution < 1.29 is 4.79 Å². The standard InChI is InChI=1S/C14H24BrN3O/c1-5-11-13(15)12(18(6-2)17-11)9-10(19)7-8-14(3,4)16/h5-9,16H2,1-4H3. The maximum atomic E-state index is 12.1. The van der Waals surface area contributed by atoms with E-state index in [-0.39, 0.29) is 11.3 Å². The normalized spacial score (nSPS) is 11.9. The van der Waals surface area contributed by atoms with E-state index < -0.39 is 0 Å². The molecule has 0 aliphatic rings. The number of Topliss-reactive ketones (excluding diaryl/α,β-unsaturated/α-hetero) is 1. The lowest BCUT2D eigenvalue weighted by molar-refractivity contribution is -0.118. The van der Waals surface area contributed by atoms with E-state index in [2.05, 4.69) is 28.0 Å². The van der Waals surface area contributed by atoms with Crippen molar-refractivity contribution in [2.24, 2.45) is 5.73 Å². The van der Waals surface area contributed by atoms with Crippen LogP contribution in [-0.2, 0) is 24.2 Å². The van der Waals surface area contributed by atoms with E-state index in [4.69, 9.17) is 5.73 Å². The molecule has 1 rings (SSSR count). The summed E-state index contributed by atoms with van der Waals surface area (Å²) in [5.74, 6) is 0.219. The fourth-order valence-corrected chi connectivity index (χ4v) is 2.63. The number of hydrogen-bond acceptors (Lipinski definition) is 3. The van der Waals surface area contributed by atoms with Crippen LogP contribution in [0.25, 0.3) is 0 Å². The minimum absolute atomic E-state index is 0.219. The molecule has 0 unspecified atom stereocenters. The summed E-state index contributed by atoms with van der Waals surface area (Å²) in [5.41, 5.74) is 7.63. The van der Waals surface area contributed by atoms with Crippen LogP contribution in [0.3, 0.4) is 0 Å². The molecule has 1 aromatic rings. The number of nitrogens with zero attached hydrogens (tertiary/aromatic N) is 2. The Balaban J connectivity index is 2.76. The first-order valence-corrected chi connectivity index (χ1v) is 7.62. The van der Waals surface area contributed by atoms with E-state index in [9.17, 15) is 4.79 Å². The highest BCUT2D eigenvalue weighted by Crippen LogP contribution is 2.23. The highest BCUT2D eigenvalue weighted by atomic mass is 79.9. The molecular weight excluding hydrogens is 306 g/mol. The van der Waals surface area contributed by atoms with Crippen molar-refractivity contribution in [3.63, 3.8) is 0 Å². The van der Waals surface area contributed by atoms with Gasteiger partial charge in [-0.05, 0) is 49.5 Å². The number of carbonyl (C=O) groups is 1. The van der Waals surface area contributed by atoms with Crippen molar-refractivity contribution >= 4 is 21.7 Å². The second-order valence-corrected chi connectivity index (χ2v) is 6.37. The summed E-state index contributed by atoms with van der Waals surface area (Å²) in [6, 6.07) is 0. The van der Waals surface area contributed by atoms with E-state index in [1.165, 1.54) is 0 Å². The Morgan fingerprint density at radius 3 is 2.53 bits per heavy atom. The van der Waals surface area contributed by atoms with E-state index in [0.29, 0.717) is 19.3 Å². The molecule has 19 heavy (non-hydrogen) atoms. The van der Waals surface area contributed by atoms with Crippen molar-refractivity contribution in [1.82, 2.24) is 9.78 Å². The number of rotatable bonds is 7. The predicted octanol–water partition coefficient (Wildman–Crippen LogP) is 2.86. The van der Waals surface area contributed by atoms with Crippen LogP contribution in [0.2, 0.25) is 0 Å². The molecule has 1 heterocycles. The second-order valence-electron chi connectivity index (χ2n) is 5.58. The molecule has 0 aliphatic carbocycles. The van der Waals surface area contributed by atoms with Gasteiger partial charge in [0.2, 0.25) is 0 Å². The predicted molar refractivity (Wildman–Crippen MR) is 81.2 cm³/mol. The highest BCUT2D eigenvalue weighted by molar-refractivity contribution is 9.10. The third-order valence-corrected chi connectivity index (χ3v) is 4.02. The zero-order valence-electron chi connectivity index (χ0n) is 12.3. The Morgan fingerprint density at radius 1 is 1.42 bits per heavy atom. The molecule has 0 bridgehead atoms. The molecule has 0 saturated carbocycles. The Kier molecular flexibility index (Phi) is 5.74. The van der Waals surface area contributed by atoms with E-state index in [0.717, 1.165) is 28.8 Å². The number of hydrogen-bond donors (Lipinski definition) is 1. The maximum Gasteiger partial charge on any atom is 0.138 e. The fourth-order valence-electron chi connectivity index (χ4n) is 1.92. The van der Waals surface area contributed by atoms with Crippen molar-refractivity contribution in [1.29, 1.82) is 0 Å². The molecule has 0 fully saturated rings. The minimum Gasteiger partial charge on any atom is -0.326 e. The quantitative estimate of drug-likeness (QED) is 0.836. The van der Waals surface area contributed by atoms with Gasteiger partial charge in [-0.3, -0.25) is 9.48 Å². The number of carbonyl (C=O) groups excluding carboxylic acids is 1. The van der Waals surface area contributed by atoms with Gasteiger partial charge in [0.1, 0.15) is 5.78 Å². The van der Waals surface area contributed by atoms with Gasteiger partial charge in [0.15, 0.2) is 0 Å². The van der Waals surface area contributed by atoms with E-state index >= 15 is 0 Å². The third-order valence-electron chi connectivity index (χ3n) is 3.11. The van der Waals surface area contributed by atoms with Crippen LogP contribution in [0.15, 0.2) is 4.47 Å². The van der Waals surface area contributed by atoms with Gasteiger partial charge < -0.3 is 5.73 Å². The zero-order valence-corrected chi connectivity index (χ0v) is 13.9. The molecule has 5 heteroatoms. The summed E-state index contributed by atoms with van der Waals surface area (Å²) >= 11 is 3.56. The topological polar surface area (TPSA) is 60.9 Å². The van der Waals surface area contributed by atoms with E-state index in [1.807, 2.05) is 25.5 Å². The molecule has 0 amide bonds. The third kappa shape index (κ3) is 4.73. The van der Waals surface area contributed by atoms with Gasteiger partial charge in [-0.1, -0.05) is 6.92 Å². The average Bonchev–Trinajstić information content (AvgIpc) is 2.63. The number of aromatic nitrogens is 2. The molecule has 1 aromatic heterocycles. The smallest absolute Gasteiger partial charge is 0.138 e. The first-order valence-electron chi connectivity index (χ1n) is 6.83. The Morgan fingerprint density at radius 2 is 2.05 bits per heavy atom. The summed E-state index contributed by atoms with van der Waals surface area (Å²) in [5, 5.41) is 4.50. The summed E-state index contributed by atoms with van der Waals surface area (Å²) in [7, 11) is 0. The molecule has 0 radical (unpaired) electrons. The molecule has 0 saturated heterocycles. The lowest BCUT2D eigenvalue weighted by Gasteiger charge is -2.17. The molecule has 2 N–H and O–H groups in total. The zero-order chi connectivity index (χ0) is 14.6. The fraction of sp³-hybridized carbons (Fsp3) is 0.714. The molecule has 0 spiro atoms. The second kappa shape index (κ2) is 6.66. The molecule has 108 valence electrons. The average molecular weight is 330 g/mol. The van der Waals surface area contributed by atoms with Crippen LogP contribution in [-0.4, -0.2) is 21.1 Å². The van der Waals surface area contributed by atoms with Crippen LogP contribution in [0, 0.1) is 0 Å². The number of nitrogens with two attached hydrogens (primary N) is 1. The molecule has 0 aliphatic heterocycles. The van der Waals surface area contributed by atoms with Gasteiger partial charge in [-0.15, -0.1) is 0 Å². The largest absolute Gasteiger partial charge is 0.326 e. The number of ketones is 1. The van der Waals surface area contributed by atoms with Crippen LogP contribution in [0.5, 0.6) is 0 Å². The van der Waals surface area contributed by atoms with Crippen molar-refractivity contribution in [3.05, 3.63) is 15.9 Å². The maximum absolute atomic E-state index is 12.1. The van der Waals surface area contributed by atoms with Crippen LogP contribution < -0.4 is 5.73 Å². The Hall–Kier alpha value is -0.680. The molecular formula is C14H24BrN3O. The summed E-state index contributed by atoms with van der Waals surface area (Å²) in [4.78, 5) is 12.1. The first kappa shape index (κ1) is 16.4. The number of halogens is 1. The van der Waals surface area contributed by atoms with Crippen LogP contribution >= 0.6 is 15.9 Å². The van der Waals surface area contributed by atoms with Crippen molar-refractivity contribution in [2.45, 2.75) is 65.5 Å². The van der Waals surface area contributed by atoms with E-state index in [1.54, 1.807) is 0 Å². The Labute approximate surface area is 123 Å². The van der Waals surface area contributed by atoms with Crippen molar-refractivity contribution in [2.75, 3.05) is 0 Å². The molecule has 0 atom stereocenters. The lowest BCUT2D eigenvalue weighted by Crippen LogP contribution is -2.32. The van der Waals surface area contributed by atoms with Crippen LogP contribution in [0.4, 0.5) is 0 Å².